The fourth-order valence-corrected chi connectivity index (χ4v) is 3.27. The summed E-state index contributed by atoms with van der Waals surface area (Å²) in [4.78, 5) is 4.68. The molecule has 2 nitrogen and oxygen atoms in total. The van der Waals surface area contributed by atoms with Crippen molar-refractivity contribution < 1.29 is 0 Å². The van der Waals surface area contributed by atoms with Crippen LogP contribution in [0.5, 0.6) is 0 Å². The van der Waals surface area contributed by atoms with E-state index in [0.717, 1.165) is 28.1 Å². The van der Waals surface area contributed by atoms with Crippen LogP contribution >= 0.6 is 0 Å². The van der Waals surface area contributed by atoms with Gasteiger partial charge < -0.3 is 0 Å². The second kappa shape index (κ2) is 7.27. The molecule has 0 aliphatic heterocycles. The first-order valence-corrected chi connectivity index (χ1v) is 8.89. The van der Waals surface area contributed by atoms with Crippen molar-refractivity contribution in [3.05, 3.63) is 102 Å². The highest BCUT2D eigenvalue weighted by Gasteiger charge is 2.12. The van der Waals surface area contributed by atoms with E-state index in [2.05, 4.69) is 47.5 Å². The van der Waals surface area contributed by atoms with Gasteiger partial charge in [-0.25, -0.2) is 0 Å². The fourth-order valence-electron chi connectivity index (χ4n) is 3.27. The summed E-state index contributed by atoms with van der Waals surface area (Å²) in [5, 5.41) is 9.59. The van der Waals surface area contributed by atoms with Crippen LogP contribution in [0.25, 0.3) is 33.5 Å². The van der Waals surface area contributed by atoms with Gasteiger partial charge in [0.15, 0.2) is 0 Å². The predicted octanol–water partition coefficient (Wildman–Crippen LogP) is 6.26. The molecule has 4 rings (SSSR count). The molecular formula is C25H18N2. The highest BCUT2D eigenvalue weighted by atomic mass is 14.7. The lowest BCUT2D eigenvalue weighted by Crippen LogP contribution is -1.96. The lowest BCUT2D eigenvalue weighted by Gasteiger charge is -2.11. The number of benzene rings is 3. The number of nitriles is 1. The summed E-state index contributed by atoms with van der Waals surface area (Å²) in [5.74, 6) is 0. The maximum absolute atomic E-state index is 9.59. The van der Waals surface area contributed by atoms with Gasteiger partial charge in [0.25, 0.3) is 0 Å². The maximum Gasteiger partial charge on any atom is 0.102 e. The van der Waals surface area contributed by atoms with E-state index in [1.807, 2.05) is 61.5 Å². The van der Waals surface area contributed by atoms with Crippen molar-refractivity contribution in [2.45, 2.75) is 6.92 Å². The van der Waals surface area contributed by atoms with Gasteiger partial charge in [-0.2, -0.15) is 5.26 Å². The first-order chi connectivity index (χ1) is 13.3. The molecule has 27 heavy (non-hydrogen) atoms. The van der Waals surface area contributed by atoms with E-state index in [9.17, 15) is 5.26 Å². The standard InChI is InChI=1S/C25H18N2/c1-18-24(17-26)23(21-10-6-3-7-11-21)16-25(27-18)22-14-12-20(13-15-22)19-8-4-2-5-9-19/h2-16H,1H3. The second-order valence-electron chi connectivity index (χ2n) is 6.44. The summed E-state index contributed by atoms with van der Waals surface area (Å²) in [5.41, 5.74) is 7.62. The zero-order chi connectivity index (χ0) is 18.6. The molecule has 3 aromatic carbocycles. The van der Waals surface area contributed by atoms with Gasteiger partial charge in [-0.3, -0.25) is 4.98 Å². The quantitative estimate of drug-likeness (QED) is 0.439. The van der Waals surface area contributed by atoms with Gasteiger partial charge in [0.05, 0.1) is 17.0 Å². The molecule has 0 amide bonds. The van der Waals surface area contributed by atoms with Gasteiger partial charge in [0.2, 0.25) is 0 Å². The third kappa shape index (κ3) is 3.36. The number of aryl methyl sites for hydroxylation is 1. The van der Waals surface area contributed by atoms with E-state index in [1.165, 1.54) is 11.1 Å². The Morgan fingerprint density at radius 1 is 0.667 bits per heavy atom. The smallest absolute Gasteiger partial charge is 0.102 e. The molecule has 0 N–H and O–H groups in total. The van der Waals surface area contributed by atoms with Crippen LogP contribution in [-0.4, -0.2) is 4.98 Å². The minimum absolute atomic E-state index is 0.630. The van der Waals surface area contributed by atoms with Crippen molar-refractivity contribution in [2.75, 3.05) is 0 Å². The molecular weight excluding hydrogens is 328 g/mol. The molecule has 0 radical (unpaired) electrons. The third-order valence-corrected chi connectivity index (χ3v) is 4.68. The molecule has 1 aromatic heterocycles. The molecule has 0 aliphatic rings. The van der Waals surface area contributed by atoms with Crippen molar-refractivity contribution in [2.24, 2.45) is 0 Å². The topological polar surface area (TPSA) is 36.7 Å². The van der Waals surface area contributed by atoms with Crippen molar-refractivity contribution in [1.29, 1.82) is 5.26 Å². The Morgan fingerprint density at radius 3 is 1.78 bits per heavy atom. The summed E-state index contributed by atoms with van der Waals surface area (Å²) >= 11 is 0. The van der Waals surface area contributed by atoms with Crippen molar-refractivity contribution >= 4 is 0 Å². The molecule has 1 heterocycles. The van der Waals surface area contributed by atoms with Crippen molar-refractivity contribution in [3.8, 4) is 39.6 Å². The lowest BCUT2D eigenvalue weighted by atomic mass is 9.96. The van der Waals surface area contributed by atoms with Crippen LogP contribution in [0.15, 0.2) is 91.0 Å². The number of hydrogen-bond acceptors (Lipinski definition) is 2. The van der Waals surface area contributed by atoms with Crippen LogP contribution in [-0.2, 0) is 0 Å². The van der Waals surface area contributed by atoms with E-state index in [-0.39, 0.29) is 0 Å². The summed E-state index contributed by atoms with van der Waals surface area (Å²) in [6.07, 6.45) is 0. The first kappa shape index (κ1) is 16.8. The Hall–Kier alpha value is -3.70. The Kier molecular flexibility index (Phi) is 4.51. The second-order valence-corrected chi connectivity index (χ2v) is 6.44. The van der Waals surface area contributed by atoms with E-state index < -0.39 is 0 Å². The first-order valence-electron chi connectivity index (χ1n) is 8.89. The molecule has 0 saturated carbocycles. The van der Waals surface area contributed by atoms with Crippen LogP contribution in [0.2, 0.25) is 0 Å². The lowest BCUT2D eigenvalue weighted by molar-refractivity contribution is 1.18. The summed E-state index contributed by atoms with van der Waals surface area (Å²) in [6.45, 7) is 1.90. The van der Waals surface area contributed by atoms with Crippen LogP contribution in [0, 0.1) is 18.3 Å². The minimum atomic E-state index is 0.630. The molecule has 0 bridgehead atoms. The van der Waals surface area contributed by atoms with Crippen LogP contribution in [0.3, 0.4) is 0 Å². The number of hydrogen-bond donors (Lipinski definition) is 0. The molecule has 0 aliphatic carbocycles. The van der Waals surface area contributed by atoms with Crippen LogP contribution in [0.4, 0.5) is 0 Å². The average Bonchev–Trinajstić information content (AvgIpc) is 2.74. The average molecular weight is 346 g/mol. The number of pyridine rings is 1. The highest BCUT2D eigenvalue weighted by molar-refractivity contribution is 5.77. The van der Waals surface area contributed by atoms with Gasteiger partial charge in [-0.1, -0.05) is 84.9 Å². The van der Waals surface area contributed by atoms with Gasteiger partial charge in [-0.05, 0) is 29.7 Å². The van der Waals surface area contributed by atoms with Gasteiger partial charge in [0, 0.05) is 11.1 Å². The molecule has 128 valence electrons. The fraction of sp³-hybridized carbons (Fsp3) is 0.0400. The third-order valence-electron chi connectivity index (χ3n) is 4.68. The predicted molar refractivity (Wildman–Crippen MR) is 110 cm³/mol. The molecule has 0 fully saturated rings. The van der Waals surface area contributed by atoms with E-state index in [0.29, 0.717) is 5.56 Å². The maximum atomic E-state index is 9.59. The molecule has 0 saturated heterocycles. The monoisotopic (exact) mass is 346 g/mol. The van der Waals surface area contributed by atoms with Crippen molar-refractivity contribution in [3.63, 3.8) is 0 Å². The normalized spacial score (nSPS) is 10.4. The molecule has 0 atom stereocenters. The van der Waals surface area contributed by atoms with E-state index in [1.54, 1.807) is 0 Å². The SMILES string of the molecule is Cc1nc(-c2ccc(-c3ccccc3)cc2)cc(-c2ccccc2)c1C#N. The zero-order valence-corrected chi connectivity index (χ0v) is 15.1. The Balaban J connectivity index is 1.79. The van der Waals surface area contributed by atoms with E-state index >= 15 is 0 Å². The summed E-state index contributed by atoms with van der Waals surface area (Å²) in [6, 6.07) is 33.0. The molecule has 4 aromatic rings. The Bertz CT molecular complexity index is 1110. The van der Waals surface area contributed by atoms with Crippen molar-refractivity contribution in [1.82, 2.24) is 4.98 Å². The number of rotatable bonds is 3. The summed E-state index contributed by atoms with van der Waals surface area (Å²) < 4.78 is 0. The van der Waals surface area contributed by atoms with Gasteiger partial charge in [0.1, 0.15) is 6.07 Å². The zero-order valence-electron chi connectivity index (χ0n) is 15.1. The van der Waals surface area contributed by atoms with Gasteiger partial charge in [-0.15, -0.1) is 0 Å². The van der Waals surface area contributed by atoms with Gasteiger partial charge >= 0.3 is 0 Å². The molecule has 2 heteroatoms. The Morgan fingerprint density at radius 2 is 1.19 bits per heavy atom. The van der Waals surface area contributed by atoms with Crippen LogP contribution < -0.4 is 0 Å². The largest absolute Gasteiger partial charge is 0.252 e. The Labute approximate surface area is 159 Å². The number of aromatic nitrogens is 1. The highest BCUT2D eigenvalue weighted by Crippen LogP contribution is 2.30. The molecule has 0 unspecified atom stereocenters. The van der Waals surface area contributed by atoms with Crippen LogP contribution in [0.1, 0.15) is 11.3 Å². The van der Waals surface area contributed by atoms with E-state index in [4.69, 9.17) is 0 Å². The number of nitrogens with zero attached hydrogens (tertiary/aromatic N) is 2. The minimum Gasteiger partial charge on any atom is -0.252 e. The molecule has 0 spiro atoms. The summed E-state index contributed by atoms with van der Waals surface area (Å²) in [7, 11) is 0.